The van der Waals surface area contributed by atoms with Crippen molar-refractivity contribution in [1.82, 2.24) is 0 Å². The summed E-state index contributed by atoms with van der Waals surface area (Å²) in [4.78, 5) is 11.8. The van der Waals surface area contributed by atoms with Crippen LogP contribution in [-0.4, -0.2) is 70.0 Å². The van der Waals surface area contributed by atoms with Crippen LogP contribution in [0.3, 0.4) is 0 Å². The highest BCUT2D eigenvalue weighted by Crippen LogP contribution is 2.22. The Morgan fingerprint density at radius 1 is 1.05 bits per heavy atom. The van der Waals surface area contributed by atoms with Crippen molar-refractivity contribution in [2.45, 2.75) is 56.3 Å². The van der Waals surface area contributed by atoms with E-state index in [-0.39, 0.29) is 0 Å². The number of aliphatic hydroxyl groups is 4. The second-order valence-electron chi connectivity index (χ2n) is 4.65. The molecule has 0 saturated carbocycles. The zero-order valence-corrected chi connectivity index (χ0v) is 10.2. The molecule has 0 aliphatic carbocycles. The molecular weight excluding hydrogens is 260 g/mol. The second-order valence-corrected chi connectivity index (χ2v) is 4.65. The summed E-state index contributed by atoms with van der Waals surface area (Å²) in [5.41, 5.74) is 0. The van der Waals surface area contributed by atoms with Gasteiger partial charge in [0.1, 0.15) is 18.3 Å². The highest BCUT2D eigenvalue weighted by atomic mass is 16.7. The van der Waals surface area contributed by atoms with Gasteiger partial charge in [-0.25, -0.2) is 4.79 Å². The van der Waals surface area contributed by atoms with Crippen LogP contribution < -0.4 is 0 Å². The molecule has 6 atom stereocenters. The molecule has 2 heterocycles. The highest BCUT2D eigenvalue weighted by Gasteiger charge is 2.47. The van der Waals surface area contributed by atoms with Crippen LogP contribution in [0.4, 0.5) is 0 Å². The molecule has 19 heavy (non-hydrogen) atoms. The fourth-order valence-electron chi connectivity index (χ4n) is 2.06. The lowest BCUT2D eigenvalue weighted by Gasteiger charge is -2.37. The molecule has 8 nitrogen and oxygen atoms in total. The number of ether oxygens (including phenoxy) is 3. The first-order valence-electron chi connectivity index (χ1n) is 6.20. The molecule has 2 aliphatic heterocycles. The van der Waals surface area contributed by atoms with Gasteiger partial charge in [0, 0.05) is 6.42 Å². The Morgan fingerprint density at radius 3 is 2.42 bits per heavy atom. The first-order valence-corrected chi connectivity index (χ1v) is 6.20. The number of rotatable bonds is 2. The number of hydrogen-bond acceptors (Lipinski definition) is 8. The Morgan fingerprint density at radius 2 is 1.79 bits per heavy atom. The van der Waals surface area contributed by atoms with Gasteiger partial charge < -0.3 is 34.6 Å². The van der Waals surface area contributed by atoms with Crippen LogP contribution >= 0.6 is 0 Å². The van der Waals surface area contributed by atoms with Crippen molar-refractivity contribution < 1.29 is 39.4 Å². The molecule has 2 aliphatic rings. The predicted octanol–water partition coefficient (Wildman–Crippen LogP) is -2.14. The van der Waals surface area contributed by atoms with Crippen LogP contribution in [0.2, 0.25) is 0 Å². The lowest BCUT2D eigenvalue weighted by molar-refractivity contribution is -0.286. The van der Waals surface area contributed by atoms with E-state index in [4.69, 9.17) is 14.2 Å². The van der Waals surface area contributed by atoms with E-state index in [2.05, 4.69) is 0 Å². The van der Waals surface area contributed by atoms with E-state index in [0.717, 1.165) is 12.8 Å². The average molecular weight is 278 g/mol. The Balaban J connectivity index is 1.94. The van der Waals surface area contributed by atoms with E-state index in [0.29, 0.717) is 13.0 Å². The summed E-state index contributed by atoms with van der Waals surface area (Å²) >= 11 is 0. The monoisotopic (exact) mass is 278 g/mol. The van der Waals surface area contributed by atoms with Gasteiger partial charge in [-0.1, -0.05) is 0 Å². The molecule has 0 aromatic heterocycles. The largest absolute Gasteiger partial charge is 0.434 e. The Hall–Kier alpha value is -0.770. The van der Waals surface area contributed by atoms with Gasteiger partial charge in [-0.3, -0.25) is 0 Å². The normalized spacial score (nSPS) is 43.8. The summed E-state index contributed by atoms with van der Waals surface area (Å²) in [6.07, 6.45) is -6.77. The predicted molar refractivity (Wildman–Crippen MR) is 58.6 cm³/mol. The molecule has 0 radical (unpaired) electrons. The SMILES string of the molecule is O=C(OC1CCCCO1)[C@H]1O[C@@H](O)[C@H](O)[C@@H](O)[C@@H]1O. The number of carbonyl (C=O) groups excluding carboxylic acids is 1. The molecule has 0 bridgehead atoms. The van der Waals surface area contributed by atoms with E-state index < -0.39 is 43.0 Å². The third-order valence-electron chi connectivity index (χ3n) is 3.21. The van der Waals surface area contributed by atoms with Crippen LogP contribution in [0.1, 0.15) is 19.3 Å². The molecule has 0 spiro atoms. The van der Waals surface area contributed by atoms with Gasteiger partial charge in [0.05, 0.1) is 6.61 Å². The van der Waals surface area contributed by atoms with Crippen molar-refractivity contribution in [1.29, 1.82) is 0 Å². The van der Waals surface area contributed by atoms with Gasteiger partial charge >= 0.3 is 5.97 Å². The quantitative estimate of drug-likeness (QED) is 0.421. The average Bonchev–Trinajstić information content (AvgIpc) is 2.41. The number of esters is 1. The summed E-state index contributed by atoms with van der Waals surface area (Å²) in [5.74, 6) is -0.940. The summed E-state index contributed by atoms with van der Waals surface area (Å²) in [6, 6.07) is 0. The van der Waals surface area contributed by atoms with Gasteiger partial charge in [-0.05, 0) is 12.8 Å². The van der Waals surface area contributed by atoms with E-state index in [1.807, 2.05) is 0 Å². The van der Waals surface area contributed by atoms with Crippen molar-refractivity contribution in [3.05, 3.63) is 0 Å². The van der Waals surface area contributed by atoms with Gasteiger partial charge in [0.2, 0.25) is 6.29 Å². The highest BCUT2D eigenvalue weighted by molar-refractivity contribution is 5.76. The van der Waals surface area contributed by atoms with E-state index in [1.54, 1.807) is 0 Å². The van der Waals surface area contributed by atoms with Crippen molar-refractivity contribution in [3.63, 3.8) is 0 Å². The first-order chi connectivity index (χ1) is 9.00. The van der Waals surface area contributed by atoms with Gasteiger partial charge in [0.15, 0.2) is 12.4 Å². The standard InChI is InChI=1S/C11H18O8/c12-6-7(13)9(19-10(15)8(6)14)11(16)18-5-3-1-2-4-17-5/h5-10,12-15H,1-4H2/t5?,6-,7-,8+,9-,10+/m0/s1. The van der Waals surface area contributed by atoms with Crippen LogP contribution in [0.25, 0.3) is 0 Å². The maximum absolute atomic E-state index is 11.8. The maximum Gasteiger partial charge on any atom is 0.340 e. The maximum atomic E-state index is 11.8. The minimum atomic E-state index is -1.76. The van der Waals surface area contributed by atoms with Gasteiger partial charge in [-0.15, -0.1) is 0 Å². The molecule has 2 fully saturated rings. The summed E-state index contributed by atoms with van der Waals surface area (Å²) in [7, 11) is 0. The summed E-state index contributed by atoms with van der Waals surface area (Å²) < 4.78 is 14.9. The molecular formula is C11H18O8. The molecule has 0 aromatic carbocycles. The summed E-state index contributed by atoms with van der Waals surface area (Å²) in [6.45, 7) is 0.482. The van der Waals surface area contributed by atoms with Crippen LogP contribution in [-0.2, 0) is 19.0 Å². The first kappa shape index (κ1) is 14.6. The van der Waals surface area contributed by atoms with Crippen LogP contribution in [0, 0.1) is 0 Å². The lowest BCUT2D eigenvalue weighted by atomic mass is 9.99. The topological polar surface area (TPSA) is 126 Å². The third-order valence-corrected chi connectivity index (χ3v) is 3.21. The molecule has 2 rings (SSSR count). The van der Waals surface area contributed by atoms with Crippen LogP contribution in [0.15, 0.2) is 0 Å². The smallest absolute Gasteiger partial charge is 0.340 e. The number of carbonyl (C=O) groups is 1. The summed E-state index contributed by atoms with van der Waals surface area (Å²) in [5, 5.41) is 37.7. The molecule has 0 amide bonds. The lowest BCUT2D eigenvalue weighted by Crippen LogP contribution is -2.60. The van der Waals surface area contributed by atoms with Gasteiger partial charge in [0.25, 0.3) is 0 Å². The van der Waals surface area contributed by atoms with E-state index in [9.17, 15) is 25.2 Å². The molecule has 110 valence electrons. The second kappa shape index (κ2) is 6.12. The third kappa shape index (κ3) is 3.22. The Kier molecular flexibility index (Phi) is 4.71. The van der Waals surface area contributed by atoms with E-state index >= 15 is 0 Å². The van der Waals surface area contributed by atoms with Gasteiger partial charge in [-0.2, -0.15) is 0 Å². The number of aliphatic hydroxyl groups excluding tert-OH is 4. The minimum Gasteiger partial charge on any atom is -0.434 e. The van der Waals surface area contributed by atoms with Crippen molar-refractivity contribution in [2.24, 2.45) is 0 Å². The zero-order valence-electron chi connectivity index (χ0n) is 10.2. The fraction of sp³-hybridized carbons (Fsp3) is 0.909. The van der Waals surface area contributed by atoms with Crippen molar-refractivity contribution in [3.8, 4) is 0 Å². The molecule has 0 aromatic rings. The minimum absolute atomic E-state index is 0.482. The van der Waals surface area contributed by atoms with Crippen molar-refractivity contribution >= 4 is 5.97 Å². The molecule has 4 N–H and O–H groups in total. The van der Waals surface area contributed by atoms with E-state index in [1.165, 1.54) is 0 Å². The molecule has 2 saturated heterocycles. The molecule has 8 heteroatoms. The fourth-order valence-corrected chi connectivity index (χ4v) is 2.06. The van der Waals surface area contributed by atoms with Crippen molar-refractivity contribution in [2.75, 3.05) is 6.61 Å². The Labute approximate surface area is 109 Å². The Bertz CT molecular complexity index is 316. The zero-order chi connectivity index (χ0) is 14.0. The molecule has 1 unspecified atom stereocenters. The van der Waals surface area contributed by atoms with Crippen LogP contribution in [0.5, 0.6) is 0 Å². The number of hydrogen-bond donors (Lipinski definition) is 4.